The molecule has 0 aliphatic heterocycles. The van der Waals surface area contributed by atoms with Crippen molar-refractivity contribution in [1.82, 2.24) is 0 Å². The molecule has 1 atom stereocenters. The molecule has 0 aliphatic rings. The maximum Gasteiger partial charge on any atom is 0.181 e. The Morgan fingerprint density at radius 1 is 1.21 bits per heavy atom. The minimum absolute atomic E-state index is 0.0724. The van der Waals surface area contributed by atoms with Crippen LogP contribution in [0.4, 0.5) is 0 Å². The van der Waals surface area contributed by atoms with Crippen molar-refractivity contribution in [3.8, 4) is 0 Å². The van der Waals surface area contributed by atoms with Crippen molar-refractivity contribution in [2.45, 2.75) is 56.6 Å². The van der Waals surface area contributed by atoms with Gasteiger partial charge in [-0.3, -0.25) is 4.79 Å². The molecule has 0 saturated heterocycles. The largest absolute Gasteiger partial charge is 0.300 e. The average molecular weight is 282 g/mol. The Morgan fingerprint density at radius 3 is 2.26 bits per heavy atom. The van der Waals surface area contributed by atoms with Gasteiger partial charge in [-0.1, -0.05) is 37.5 Å². The number of hydrogen-bond donors (Lipinski definition) is 0. The van der Waals surface area contributed by atoms with Crippen molar-refractivity contribution >= 4 is 15.6 Å². The molecule has 1 aromatic rings. The first-order chi connectivity index (χ1) is 8.87. The van der Waals surface area contributed by atoms with Gasteiger partial charge in [0.15, 0.2) is 9.84 Å². The second-order valence-electron chi connectivity index (χ2n) is 5.03. The maximum atomic E-state index is 12.5. The fraction of sp³-hybridized carbons (Fsp3) is 0.533. The summed E-state index contributed by atoms with van der Waals surface area (Å²) in [5.41, 5.74) is 1.02. The molecule has 0 radical (unpaired) electrons. The lowest BCUT2D eigenvalue weighted by Crippen LogP contribution is -2.24. The number of aryl methyl sites for hydroxylation is 1. The second kappa shape index (κ2) is 6.85. The van der Waals surface area contributed by atoms with E-state index in [0.717, 1.165) is 18.4 Å². The molecular formula is C15H22O3S. The van der Waals surface area contributed by atoms with Crippen molar-refractivity contribution < 1.29 is 13.2 Å². The van der Waals surface area contributed by atoms with Crippen LogP contribution in [-0.4, -0.2) is 19.5 Å². The van der Waals surface area contributed by atoms with Crippen LogP contribution in [0.5, 0.6) is 0 Å². The number of sulfone groups is 1. The van der Waals surface area contributed by atoms with Gasteiger partial charge in [0.1, 0.15) is 5.78 Å². The minimum Gasteiger partial charge on any atom is -0.300 e. The number of benzene rings is 1. The van der Waals surface area contributed by atoms with Gasteiger partial charge in [-0.25, -0.2) is 8.42 Å². The molecule has 19 heavy (non-hydrogen) atoms. The molecule has 1 rings (SSSR count). The van der Waals surface area contributed by atoms with Crippen LogP contribution in [0.15, 0.2) is 29.2 Å². The normalized spacial score (nSPS) is 13.2. The van der Waals surface area contributed by atoms with Crippen LogP contribution in [0.25, 0.3) is 0 Å². The van der Waals surface area contributed by atoms with Crippen molar-refractivity contribution in [2.24, 2.45) is 0 Å². The summed E-state index contributed by atoms with van der Waals surface area (Å²) < 4.78 is 25.1. The molecular weight excluding hydrogens is 260 g/mol. The fourth-order valence-electron chi connectivity index (χ4n) is 2.04. The standard InChI is InChI=1S/C15H22O3S/c1-4-5-6-15(11-13(3)16)19(17,18)14-9-7-12(2)8-10-14/h7-10,15H,4-6,11H2,1-3H3. The monoisotopic (exact) mass is 282 g/mol. The summed E-state index contributed by atoms with van der Waals surface area (Å²) in [4.78, 5) is 11.6. The van der Waals surface area contributed by atoms with E-state index >= 15 is 0 Å². The summed E-state index contributed by atoms with van der Waals surface area (Å²) in [5.74, 6) is -0.0724. The van der Waals surface area contributed by atoms with E-state index < -0.39 is 15.1 Å². The zero-order valence-corrected chi connectivity index (χ0v) is 12.7. The van der Waals surface area contributed by atoms with E-state index in [1.807, 2.05) is 13.8 Å². The number of carbonyl (C=O) groups excluding carboxylic acids is 1. The van der Waals surface area contributed by atoms with Crippen LogP contribution in [0.1, 0.15) is 45.1 Å². The Morgan fingerprint density at radius 2 is 1.79 bits per heavy atom. The molecule has 0 aliphatic carbocycles. The molecule has 3 nitrogen and oxygen atoms in total. The third-order valence-corrected chi connectivity index (χ3v) is 5.39. The number of ketones is 1. The SMILES string of the molecule is CCCCC(CC(C)=O)S(=O)(=O)c1ccc(C)cc1. The molecule has 0 saturated carbocycles. The lowest BCUT2D eigenvalue weighted by Gasteiger charge is -2.16. The van der Waals surface area contributed by atoms with Gasteiger partial charge in [-0.05, 0) is 32.4 Å². The number of unbranched alkanes of at least 4 members (excludes halogenated alkanes) is 1. The highest BCUT2D eigenvalue weighted by atomic mass is 32.2. The van der Waals surface area contributed by atoms with E-state index in [0.29, 0.717) is 11.3 Å². The highest BCUT2D eigenvalue weighted by molar-refractivity contribution is 7.92. The van der Waals surface area contributed by atoms with Gasteiger partial charge in [0.25, 0.3) is 0 Å². The van der Waals surface area contributed by atoms with Crippen molar-refractivity contribution in [3.05, 3.63) is 29.8 Å². The summed E-state index contributed by atoms with van der Waals surface area (Å²) >= 11 is 0. The Hall–Kier alpha value is -1.16. The predicted octanol–water partition coefficient (Wildman–Crippen LogP) is 3.31. The summed E-state index contributed by atoms with van der Waals surface area (Å²) in [5, 5.41) is -0.590. The van der Waals surface area contributed by atoms with Crippen molar-refractivity contribution in [1.29, 1.82) is 0 Å². The van der Waals surface area contributed by atoms with Crippen LogP contribution < -0.4 is 0 Å². The maximum absolute atomic E-state index is 12.5. The first-order valence-corrected chi connectivity index (χ1v) is 8.22. The fourth-order valence-corrected chi connectivity index (χ4v) is 3.87. The van der Waals surface area contributed by atoms with E-state index in [1.165, 1.54) is 6.92 Å². The molecule has 4 heteroatoms. The Labute approximate surface area is 116 Å². The zero-order chi connectivity index (χ0) is 14.5. The lowest BCUT2D eigenvalue weighted by atomic mass is 10.1. The van der Waals surface area contributed by atoms with Crippen LogP contribution in [0, 0.1) is 6.92 Å². The van der Waals surface area contributed by atoms with Crippen molar-refractivity contribution in [2.75, 3.05) is 0 Å². The molecule has 0 heterocycles. The van der Waals surface area contributed by atoms with Crippen LogP contribution in [-0.2, 0) is 14.6 Å². The highest BCUT2D eigenvalue weighted by Gasteiger charge is 2.27. The van der Waals surface area contributed by atoms with Crippen LogP contribution in [0.3, 0.4) is 0 Å². The Kier molecular flexibility index (Phi) is 5.73. The molecule has 1 unspecified atom stereocenters. The molecule has 0 aromatic heterocycles. The summed E-state index contributed by atoms with van der Waals surface area (Å²) in [7, 11) is -3.41. The van der Waals surface area contributed by atoms with Gasteiger partial charge in [0, 0.05) is 6.42 Å². The molecule has 1 aromatic carbocycles. The molecule has 0 N–H and O–H groups in total. The zero-order valence-electron chi connectivity index (χ0n) is 11.8. The summed E-state index contributed by atoms with van der Waals surface area (Å²) in [6.45, 7) is 5.38. The van der Waals surface area contributed by atoms with E-state index in [2.05, 4.69) is 0 Å². The van der Waals surface area contributed by atoms with Gasteiger partial charge in [0.2, 0.25) is 0 Å². The third kappa shape index (κ3) is 4.46. The van der Waals surface area contributed by atoms with Crippen LogP contribution in [0.2, 0.25) is 0 Å². The van der Waals surface area contributed by atoms with E-state index in [4.69, 9.17) is 0 Å². The average Bonchev–Trinajstić information content (AvgIpc) is 2.34. The van der Waals surface area contributed by atoms with E-state index in [-0.39, 0.29) is 12.2 Å². The highest BCUT2D eigenvalue weighted by Crippen LogP contribution is 2.23. The minimum atomic E-state index is -3.41. The van der Waals surface area contributed by atoms with E-state index in [1.54, 1.807) is 24.3 Å². The number of hydrogen-bond acceptors (Lipinski definition) is 3. The topological polar surface area (TPSA) is 51.2 Å². The number of rotatable bonds is 7. The van der Waals surface area contributed by atoms with Gasteiger partial charge in [-0.15, -0.1) is 0 Å². The first kappa shape index (κ1) is 15.9. The smallest absolute Gasteiger partial charge is 0.181 e. The Balaban J connectivity index is 3.03. The van der Waals surface area contributed by atoms with Gasteiger partial charge >= 0.3 is 0 Å². The van der Waals surface area contributed by atoms with E-state index in [9.17, 15) is 13.2 Å². The van der Waals surface area contributed by atoms with Crippen molar-refractivity contribution in [3.63, 3.8) is 0 Å². The molecule has 0 fully saturated rings. The third-order valence-electron chi connectivity index (χ3n) is 3.18. The lowest BCUT2D eigenvalue weighted by molar-refractivity contribution is -0.117. The van der Waals surface area contributed by atoms with Crippen LogP contribution >= 0.6 is 0 Å². The van der Waals surface area contributed by atoms with Gasteiger partial charge in [0.05, 0.1) is 10.1 Å². The summed E-state index contributed by atoms with van der Waals surface area (Å²) in [6, 6.07) is 6.84. The van der Waals surface area contributed by atoms with Gasteiger partial charge < -0.3 is 0 Å². The van der Waals surface area contributed by atoms with Gasteiger partial charge in [-0.2, -0.15) is 0 Å². The molecule has 0 bridgehead atoms. The Bertz CT molecular complexity index is 515. The molecule has 106 valence electrons. The first-order valence-electron chi connectivity index (χ1n) is 6.68. The number of carbonyl (C=O) groups is 1. The molecule has 0 amide bonds. The molecule has 0 spiro atoms. The number of Topliss-reactive ketones (excluding diaryl/α,β-unsaturated/α-hetero) is 1. The summed E-state index contributed by atoms with van der Waals surface area (Å²) in [6.07, 6.45) is 2.41. The quantitative estimate of drug-likeness (QED) is 0.771. The predicted molar refractivity (Wildman–Crippen MR) is 77.0 cm³/mol. The second-order valence-corrected chi connectivity index (χ2v) is 7.26.